The molecule has 0 fully saturated rings. The first-order chi connectivity index (χ1) is 13.9. The molecule has 3 aromatic carbocycles. The molecule has 3 aromatic rings. The molecule has 0 heterocycles. The van der Waals surface area contributed by atoms with Gasteiger partial charge in [-0.25, -0.2) is 0 Å². The van der Waals surface area contributed by atoms with E-state index < -0.39 is 0 Å². The van der Waals surface area contributed by atoms with Crippen LogP contribution in [0.4, 0.5) is 11.4 Å². The van der Waals surface area contributed by atoms with Crippen molar-refractivity contribution in [1.29, 1.82) is 0 Å². The van der Waals surface area contributed by atoms with E-state index in [-0.39, 0.29) is 17.6 Å². The van der Waals surface area contributed by atoms with Gasteiger partial charge >= 0.3 is 0 Å². The largest absolute Gasteiger partial charge is 0.325 e. The second-order valence-corrected chi connectivity index (χ2v) is 8.06. The number of nitrogens with one attached hydrogen (secondary N) is 2. The summed E-state index contributed by atoms with van der Waals surface area (Å²) >= 11 is 7.49. The van der Waals surface area contributed by atoms with Gasteiger partial charge in [0.25, 0.3) is 5.91 Å². The summed E-state index contributed by atoms with van der Waals surface area (Å²) in [4.78, 5) is 25.6. The van der Waals surface area contributed by atoms with Crippen molar-refractivity contribution >= 4 is 46.6 Å². The Morgan fingerprint density at radius 3 is 2.48 bits per heavy atom. The van der Waals surface area contributed by atoms with Crippen LogP contribution in [0.15, 0.2) is 71.6 Å². The van der Waals surface area contributed by atoms with E-state index in [2.05, 4.69) is 10.6 Å². The highest BCUT2D eigenvalue weighted by Crippen LogP contribution is 2.25. The topological polar surface area (TPSA) is 58.2 Å². The van der Waals surface area contributed by atoms with E-state index in [4.69, 9.17) is 11.6 Å². The highest BCUT2D eigenvalue weighted by atomic mass is 35.5. The SMILES string of the molecule is Cc1cccc(C(=O)Nc2cccc(SCC(=O)Nc3cccc(Cl)c3C)c2)c1. The van der Waals surface area contributed by atoms with Gasteiger partial charge in [-0.3, -0.25) is 9.59 Å². The quantitative estimate of drug-likeness (QED) is 0.481. The Morgan fingerprint density at radius 1 is 0.931 bits per heavy atom. The molecule has 29 heavy (non-hydrogen) atoms. The Labute approximate surface area is 179 Å². The molecule has 0 unspecified atom stereocenters. The summed E-state index contributed by atoms with van der Waals surface area (Å²) in [5.41, 5.74) is 3.88. The molecule has 148 valence electrons. The lowest BCUT2D eigenvalue weighted by molar-refractivity contribution is -0.113. The summed E-state index contributed by atoms with van der Waals surface area (Å²) in [5, 5.41) is 6.40. The third kappa shape index (κ3) is 5.86. The number of benzene rings is 3. The minimum absolute atomic E-state index is 0.116. The van der Waals surface area contributed by atoms with Gasteiger partial charge in [0, 0.05) is 26.9 Å². The van der Waals surface area contributed by atoms with Gasteiger partial charge in [0.15, 0.2) is 0 Å². The fourth-order valence-corrected chi connectivity index (χ4v) is 3.66. The molecule has 6 heteroatoms. The maximum absolute atomic E-state index is 12.4. The summed E-state index contributed by atoms with van der Waals surface area (Å²) in [6.07, 6.45) is 0. The molecule has 0 aliphatic carbocycles. The van der Waals surface area contributed by atoms with E-state index in [0.29, 0.717) is 22.0 Å². The first-order valence-corrected chi connectivity index (χ1v) is 10.4. The average Bonchev–Trinajstić information content (AvgIpc) is 2.70. The van der Waals surface area contributed by atoms with Gasteiger partial charge in [0.05, 0.1) is 5.75 Å². The maximum Gasteiger partial charge on any atom is 0.255 e. The van der Waals surface area contributed by atoms with Crippen molar-refractivity contribution in [2.45, 2.75) is 18.7 Å². The van der Waals surface area contributed by atoms with Crippen LogP contribution in [0.1, 0.15) is 21.5 Å². The Bertz CT molecular complexity index is 1050. The van der Waals surface area contributed by atoms with Crippen molar-refractivity contribution in [3.05, 3.63) is 88.4 Å². The molecule has 3 rings (SSSR count). The number of amides is 2. The number of anilines is 2. The molecular formula is C23H21ClN2O2S. The molecule has 0 saturated heterocycles. The summed E-state index contributed by atoms with van der Waals surface area (Å²) in [5.74, 6) is -0.0269. The zero-order chi connectivity index (χ0) is 20.8. The Hall–Kier alpha value is -2.76. The third-order valence-electron chi connectivity index (χ3n) is 4.28. The predicted octanol–water partition coefficient (Wildman–Crippen LogP) is 5.94. The molecule has 2 amide bonds. The lowest BCUT2D eigenvalue weighted by atomic mass is 10.1. The lowest BCUT2D eigenvalue weighted by Gasteiger charge is -2.10. The zero-order valence-electron chi connectivity index (χ0n) is 16.2. The van der Waals surface area contributed by atoms with Gasteiger partial charge in [0.2, 0.25) is 5.91 Å². The van der Waals surface area contributed by atoms with Crippen LogP contribution in [0.2, 0.25) is 5.02 Å². The van der Waals surface area contributed by atoms with Crippen LogP contribution in [0.25, 0.3) is 0 Å². The molecular weight excluding hydrogens is 404 g/mol. The van der Waals surface area contributed by atoms with Gasteiger partial charge in [-0.05, 0) is 61.9 Å². The minimum Gasteiger partial charge on any atom is -0.325 e. The van der Waals surface area contributed by atoms with Gasteiger partial charge < -0.3 is 10.6 Å². The Balaban J connectivity index is 1.59. The van der Waals surface area contributed by atoms with Crippen molar-refractivity contribution in [3.63, 3.8) is 0 Å². The van der Waals surface area contributed by atoms with Crippen LogP contribution < -0.4 is 10.6 Å². The standard InChI is InChI=1S/C23H21ClN2O2S/c1-15-6-3-7-17(12-15)23(28)25-18-8-4-9-19(13-18)29-14-22(27)26-21-11-5-10-20(24)16(21)2/h3-13H,14H2,1-2H3,(H,25,28)(H,26,27). The molecule has 0 atom stereocenters. The van der Waals surface area contributed by atoms with Gasteiger partial charge in [0.1, 0.15) is 0 Å². The summed E-state index contributed by atoms with van der Waals surface area (Å²) in [6.45, 7) is 3.81. The monoisotopic (exact) mass is 424 g/mol. The van der Waals surface area contributed by atoms with E-state index >= 15 is 0 Å². The molecule has 0 aliphatic rings. The number of thioether (sulfide) groups is 1. The normalized spacial score (nSPS) is 10.4. The molecule has 4 nitrogen and oxygen atoms in total. The summed E-state index contributed by atoms with van der Waals surface area (Å²) in [7, 11) is 0. The second kappa shape index (κ2) is 9.63. The average molecular weight is 425 g/mol. The molecule has 0 spiro atoms. The zero-order valence-corrected chi connectivity index (χ0v) is 17.7. The number of aryl methyl sites for hydroxylation is 1. The van der Waals surface area contributed by atoms with E-state index in [0.717, 1.165) is 16.0 Å². The highest BCUT2D eigenvalue weighted by Gasteiger charge is 2.09. The van der Waals surface area contributed by atoms with Crippen molar-refractivity contribution in [3.8, 4) is 0 Å². The van der Waals surface area contributed by atoms with E-state index in [1.165, 1.54) is 11.8 Å². The van der Waals surface area contributed by atoms with Crippen LogP contribution in [0.3, 0.4) is 0 Å². The van der Waals surface area contributed by atoms with E-state index in [1.54, 1.807) is 18.2 Å². The Morgan fingerprint density at radius 2 is 1.69 bits per heavy atom. The predicted molar refractivity (Wildman–Crippen MR) is 121 cm³/mol. The lowest BCUT2D eigenvalue weighted by Crippen LogP contribution is -2.15. The first-order valence-electron chi connectivity index (χ1n) is 9.08. The number of carbonyl (C=O) groups excluding carboxylic acids is 2. The van der Waals surface area contributed by atoms with Crippen molar-refractivity contribution in [1.82, 2.24) is 0 Å². The molecule has 0 bridgehead atoms. The highest BCUT2D eigenvalue weighted by molar-refractivity contribution is 8.00. The van der Waals surface area contributed by atoms with Crippen LogP contribution in [0, 0.1) is 13.8 Å². The van der Waals surface area contributed by atoms with Crippen LogP contribution in [0.5, 0.6) is 0 Å². The van der Waals surface area contributed by atoms with Gasteiger partial charge in [-0.1, -0.05) is 41.4 Å². The Kier molecular flexibility index (Phi) is 6.96. The third-order valence-corrected chi connectivity index (χ3v) is 5.69. The molecule has 0 radical (unpaired) electrons. The maximum atomic E-state index is 12.4. The van der Waals surface area contributed by atoms with Crippen LogP contribution >= 0.6 is 23.4 Å². The first kappa shape index (κ1) is 21.0. The number of hydrogen-bond acceptors (Lipinski definition) is 3. The fourth-order valence-electron chi connectivity index (χ4n) is 2.73. The van der Waals surface area contributed by atoms with E-state index in [9.17, 15) is 9.59 Å². The number of halogens is 1. The van der Waals surface area contributed by atoms with Crippen molar-refractivity contribution < 1.29 is 9.59 Å². The van der Waals surface area contributed by atoms with Gasteiger partial charge in [-0.2, -0.15) is 0 Å². The smallest absolute Gasteiger partial charge is 0.255 e. The van der Waals surface area contributed by atoms with E-state index in [1.807, 2.05) is 62.4 Å². The minimum atomic E-state index is -0.162. The summed E-state index contributed by atoms with van der Waals surface area (Å²) < 4.78 is 0. The fraction of sp³-hybridized carbons (Fsp3) is 0.130. The van der Waals surface area contributed by atoms with Crippen molar-refractivity contribution in [2.75, 3.05) is 16.4 Å². The number of hydrogen-bond donors (Lipinski definition) is 2. The molecule has 2 N–H and O–H groups in total. The second-order valence-electron chi connectivity index (χ2n) is 6.60. The van der Waals surface area contributed by atoms with Crippen LogP contribution in [-0.4, -0.2) is 17.6 Å². The molecule has 0 aromatic heterocycles. The number of carbonyl (C=O) groups is 2. The van der Waals surface area contributed by atoms with Gasteiger partial charge in [-0.15, -0.1) is 11.8 Å². The van der Waals surface area contributed by atoms with Crippen LogP contribution in [-0.2, 0) is 4.79 Å². The summed E-state index contributed by atoms with van der Waals surface area (Å²) in [6, 6.07) is 20.3. The number of rotatable bonds is 6. The van der Waals surface area contributed by atoms with Crippen molar-refractivity contribution in [2.24, 2.45) is 0 Å². The molecule has 0 aliphatic heterocycles. The molecule has 0 saturated carbocycles.